The first-order chi connectivity index (χ1) is 3.91. The highest BCUT2D eigenvalue weighted by Crippen LogP contribution is 1.92. The molecule has 0 aliphatic heterocycles. The predicted molar refractivity (Wildman–Crippen MR) is 37.2 cm³/mol. The van der Waals surface area contributed by atoms with Crippen molar-refractivity contribution in [3.05, 3.63) is 10.4 Å². The van der Waals surface area contributed by atoms with E-state index in [1.54, 1.807) is 0 Å². The number of nitrogens with zero attached hydrogens (tertiary/aromatic N) is 3. The van der Waals surface area contributed by atoms with E-state index >= 15 is 0 Å². The van der Waals surface area contributed by atoms with E-state index in [9.17, 15) is 0 Å². The van der Waals surface area contributed by atoms with Crippen molar-refractivity contribution in [3.63, 3.8) is 0 Å². The molecule has 4 heteroatoms. The average Bonchev–Trinajstić information content (AvgIpc) is 1.81. The zero-order valence-electron chi connectivity index (χ0n) is 5.67. The third-order valence-electron chi connectivity index (χ3n) is 0.925. The standard InChI is InChI=1S/C5H11N3.H2O/c1-2-3-4-5-7-8-6;/h2-5H2,1H3;1H2. The van der Waals surface area contributed by atoms with Crippen LogP contribution in [0.15, 0.2) is 5.11 Å². The van der Waals surface area contributed by atoms with E-state index in [1.165, 1.54) is 12.8 Å². The number of rotatable bonds is 4. The Hall–Kier alpha value is -0.730. The van der Waals surface area contributed by atoms with Gasteiger partial charge in [-0.3, -0.25) is 0 Å². The summed E-state index contributed by atoms with van der Waals surface area (Å²) in [5, 5.41) is 3.39. The summed E-state index contributed by atoms with van der Waals surface area (Å²) in [5.74, 6) is 0. The van der Waals surface area contributed by atoms with E-state index in [0.29, 0.717) is 6.54 Å². The zero-order chi connectivity index (χ0) is 6.24. The molecule has 0 aromatic heterocycles. The second-order valence-electron chi connectivity index (χ2n) is 1.66. The van der Waals surface area contributed by atoms with Crippen molar-refractivity contribution in [1.82, 2.24) is 0 Å². The molecular weight excluding hydrogens is 118 g/mol. The number of hydrogen-bond acceptors (Lipinski definition) is 1. The van der Waals surface area contributed by atoms with E-state index < -0.39 is 0 Å². The topological polar surface area (TPSA) is 80.3 Å². The maximum absolute atomic E-state index is 7.82. The first-order valence-corrected chi connectivity index (χ1v) is 2.92. The Morgan fingerprint density at radius 3 is 2.56 bits per heavy atom. The van der Waals surface area contributed by atoms with Crippen LogP contribution in [0.1, 0.15) is 26.2 Å². The normalized spacial score (nSPS) is 7.22. The van der Waals surface area contributed by atoms with Crippen LogP contribution in [0.5, 0.6) is 0 Å². The highest BCUT2D eigenvalue weighted by molar-refractivity contribution is 4.45. The van der Waals surface area contributed by atoms with Gasteiger partial charge in [-0.1, -0.05) is 24.9 Å². The molecule has 0 saturated carbocycles. The molecule has 0 spiro atoms. The van der Waals surface area contributed by atoms with Crippen LogP contribution >= 0.6 is 0 Å². The highest BCUT2D eigenvalue weighted by atomic mass is 16.0. The van der Waals surface area contributed by atoms with Crippen molar-refractivity contribution >= 4 is 0 Å². The van der Waals surface area contributed by atoms with Crippen molar-refractivity contribution in [3.8, 4) is 0 Å². The van der Waals surface area contributed by atoms with Gasteiger partial charge in [0.05, 0.1) is 0 Å². The fourth-order valence-electron chi connectivity index (χ4n) is 0.477. The average molecular weight is 131 g/mol. The quantitative estimate of drug-likeness (QED) is 0.241. The molecule has 9 heavy (non-hydrogen) atoms. The van der Waals surface area contributed by atoms with Crippen molar-refractivity contribution in [1.29, 1.82) is 0 Å². The number of azide groups is 1. The van der Waals surface area contributed by atoms with Gasteiger partial charge in [0, 0.05) is 11.5 Å². The van der Waals surface area contributed by atoms with E-state index in [4.69, 9.17) is 5.53 Å². The van der Waals surface area contributed by atoms with Gasteiger partial charge in [0.15, 0.2) is 0 Å². The van der Waals surface area contributed by atoms with Crippen LogP contribution in [0.2, 0.25) is 0 Å². The summed E-state index contributed by atoms with van der Waals surface area (Å²) in [6, 6.07) is 0. The molecule has 4 nitrogen and oxygen atoms in total. The lowest BCUT2D eigenvalue weighted by Gasteiger charge is -1.86. The summed E-state index contributed by atoms with van der Waals surface area (Å²) in [7, 11) is 0. The van der Waals surface area contributed by atoms with Crippen LogP contribution < -0.4 is 0 Å². The molecule has 0 heterocycles. The van der Waals surface area contributed by atoms with E-state index in [-0.39, 0.29) is 5.48 Å². The molecule has 2 N–H and O–H groups in total. The van der Waals surface area contributed by atoms with Gasteiger partial charge >= 0.3 is 0 Å². The molecule has 0 aromatic rings. The Morgan fingerprint density at radius 1 is 1.44 bits per heavy atom. The Bertz CT molecular complexity index is 88.2. The van der Waals surface area contributed by atoms with Crippen molar-refractivity contribution < 1.29 is 5.48 Å². The first-order valence-electron chi connectivity index (χ1n) is 2.92. The van der Waals surface area contributed by atoms with E-state index in [1.807, 2.05) is 0 Å². The Balaban J connectivity index is 0. The monoisotopic (exact) mass is 131 g/mol. The molecule has 54 valence electrons. The molecule has 0 radical (unpaired) electrons. The molecule has 0 saturated heterocycles. The lowest BCUT2D eigenvalue weighted by molar-refractivity contribution is 0.725. The van der Waals surface area contributed by atoms with Crippen molar-refractivity contribution in [2.45, 2.75) is 26.2 Å². The maximum atomic E-state index is 7.82. The lowest BCUT2D eigenvalue weighted by atomic mass is 10.3. The van der Waals surface area contributed by atoms with Crippen molar-refractivity contribution in [2.75, 3.05) is 6.54 Å². The third kappa shape index (κ3) is 11.1. The second-order valence-corrected chi connectivity index (χ2v) is 1.66. The van der Waals surface area contributed by atoms with Gasteiger partial charge in [-0.05, 0) is 12.0 Å². The summed E-state index contributed by atoms with van der Waals surface area (Å²) in [6.07, 6.45) is 3.38. The molecule has 0 unspecified atom stereocenters. The molecule has 0 aromatic carbocycles. The summed E-state index contributed by atoms with van der Waals surface area (Å²) in [5.41, 5.74) is 7.82. The van der Waals surface area contributed by atoms with E-state index in [0.717, 1.165) is 6.42 Å². The zero-order valence-corrected chi connectivity index (χ0v) is 5.67. The van der Waals surface area contributed by atoms with Gasteiger partial charge in [-0.25, -0.2) is 0 Å². The van der Waals surface area contributed by atoms with Gasteiger partial charge in [-0.2, -0.15) is 0 Å². The maximum Gasteiger partial charge on any atom is 0.0257 e. The Morgan fingerprint density at radius 2 is 2.11 bits per heavy atom. The molecule has 0 bridgehead atoms. The van der Waals surface area contributed by atoms with Crippen LogP contribution in [0.25, 0.3) is 10.4 Å². The fraction of sp³-hybridized carbons (Fsp3) is 1.00. The molecule has 0 fully saturated rings. The Kier molecular flexibility index (Phi) is 12.7. The highest BCUT2D eigenvalue weighted by Gasteiger charge is 1.79. The molecular formula is C5H13N3O. The summed E-state index contributed by atoms with van der Waals surface area (Å²) in [6.45, 7) is 2.78. The minimum atomic E-state index is 0. The van der Waals surface area contributed by atoms with Crippen LogP contribution in [0.3, 0.4) is 0 Å². The van der Waals surface area contributed by atoms with Gasteiger partial charge in [-0.15, -0.1) is 0 Å². The lowest BCUT2D eigenvalue weighted by Crippen LogP contribution is -1.76. The Labute approximate surface area is 54.8 Å². The molecule has 0 atom stereocenters. The molecule has 0 aliphatic rings. The second kappa shape index (κ2) is 10.3. The third-order valence-corrected chi connectivity index (χ3v) is 0.925. The summed E-state index contributed by atoms with van der Waals surface area (Å²) >= 11 is 0. The largest absolute Gasteiger partial charge is 0.412 e. The van der Waals surface area contributed by atoms with Crippen LogP contribution in [0.4, 0.5) is 0 Å². The SMILES string of the molecule is CCCCCN=[N+]=[N-].O. The number of hydrogen-bond donors (Lipinski definition) is 0. The number of unbranched alkanes of at least 4 members (excludes halogenated alkanes) is 2. The molecule has 0 rings (SSSR count). The van der Waals surface area contributed by atoms with Gasteiger partial charge in [0.1, 0.15) is 0 Å². The van der Waals surface area contributed by atoms with Gasteiger partial charge < -0.3 is 5.48 Å². The van der Waals surface area contributed by atoms with Crippen LogP contribution in [-0.2, 0) is 0 Å². The van der Waals surface area contributed by atoms with Crippen molar-refractivity contribution in [2.24, 2.45) is 5.11 Å². The van der Waals surface area contributed by atoms with Crippen LogP contribution in [-0.4, -0.2) is 12.0 Å². The molecule has 0 aliphatic carbocycles. The first kappa shape index (κ1) is 11.1. The van der Waals surface area contributed by atoms with Gasteiger partial charge in [0.25, 0.3) is 0 Å². The van der Waals surface area contributed by atoms with Crippen LogP contribution in [0, 0.1) is 0 Å². The van der Waals surface area contributed by atoms with E-state index in [2.05, 4.69) is 16.9 Å². The predicted octanol–water partition coefficient (Wildman–Crippen LogP) is 1.66. The minimum Gasteiger partial charge on any atom is -0.412 e. The summed E-state index contributed by atoms with van der Waals surface area (Å²) < 4.78 is 0. The molecule has 0 amide bonds. The minimum absolute atomic E-state index is 0. The summed E-state index contributed by atoms with van der Waals surface area (Å²) in [4.78, 5) is 2.63. The van der Waals surface area contributed by atoms with Gasteiger partial charge in [0.2, 0.25) is 0 Å². The fourth-order valence-corrected chi connectivity index (χ4v) is 0.477. The smallest absolute Gasteiger partial charge is 0.0257 e.